The van der Waals surface area contributed by atoms with Crippen molar-refractivity contribution in [1.29, 1.82) is 0 Å². The number of fused-ring (bicyclic) bond motifs is 1. The van der Waals surface area contributed by atoms with Crippen LogP contribution in [-0.2, 0) is 11.2 Å². The third-order valence-electron chi connectivity index (χ3n) is 5.88. The predicted molar refractivity (Wildman–Crippen MR) is 107 cm³/mol. The lowest BCUT2D eigenvalue weighted by atomic mass is 9.64. The number of nitrogens with one attached hydrogen (secondary N) is 1. The molecule has 0 saturated heterocycles. The van der Waals surface area contributed by atoms with Gasteiger partial charge in [-0.2, -0.15) is 0 Å². The average Bonchev–Trinajstić information content (AvgIpc) is 2.67. The summed E-state index contributed by atoms with van der Waals surface area (Å²) in [6.45, 7) is 1.47. The average molecular weight is 388 g/mol. The highest BCUT2D eigenvalue weighted by molar-refractivity contribution is 6.47. The van der Waals surface area contributed by atoms with E-state index < -0.39 is 13.1 Å². The van der Waals surface area contributed by atoms with Gasteiger partial charge in [0.05, 0.1) is 5.56 Å². The maximum atomic E-state index is 12.6. The van der Waals surface area contributed by atoms with E-state index in [2.05, 4.69) is 5.32 Å². The fourth-order valence-electron chi connectivity index (χ4n) is 4.38. The number of carbonyl (C=O) groups is 2. The fraction of sp³-hybridized carbons (Fsp3) is 0.600. The molecule has 2 aliphatic rings. The smallest absolute Gasteiger partial charge is 0.526 e. The summed E-state index contributed by atoms with van der Waals surface area (Å²) in [5, 5.41) is 23.0. The lowest BCUT2D eigenvalue weighted by Gasteiger charge is -2.30. The maximum absolute atomic E-state index is 12.6. The molecule has 152 valence electrons. The zero-order valence-corrected chi connectivity index (χ0v) is 16.1. The van der Waals surface area contributed by atoms with E-state index in [0.717, 1.165) is 37.8 Å². The van der Waals surface area contributed by atoms with Crippen LogP contribution in [-0.4, -0.2) is 48.1 Å². The summed E-state index contributed by atoms with van der Waals surface area (Å²) in [7, 11) is -1.16. The molecule has 1 aromatic rings. The Morgan fingerprint density at radius 1 is 1.21 bits per heavy atom. The number of carboxylic acids is 1. The molecule has 1 aromatic carbocycles. The maximum Gasteiger partial charge on any atom is 0.526 e. The summed E-state index contributed by atoms with van der Waals surface area (Å²) in [5.41, 5.74) is 6.30. The van der Waals surface area contributed by atoms with Crippen molar-refractivity contribution in [2.45, 2.75) is 56.8 Å². The van der Waals surface area contributed by atoms with Gasteiger partial charge in [0.2, 0.25) is 0 Å². The number of carbonyl (C=O) groups excluding carboxylic acids is 1. The zero-order valence-electron chi connectivity index (χ0n) is 16.1. The van der Waals surface area contributed by atoms with Crippen molar-refractivity contribution in [2.75, 3.05) is 13.1 Å². The second-order valence-corrected chi connectivity index (χ2v) is 7.98. The first-order valence-corrected chi connectivity index (χ1v) is 10.1. The molecule has 5 N–H and O–H groups in total. The third kappa shape index (κ3) is 5.13. The number of hydrogen-bond acceptors (Lipinski definition) is 6. The summed E-state index contributed by atoms with van der Waals surface area (Å²) in [5.74, 6) is -0.670. The Balaban J connectivity index is 1.51. The molecule has 1 saturated carbocycles. The first-order valence-electron chi connectivity index (χ1n) is 10.1. The van der Waals surface area contributed by atoms with Crippen LogP contribution in [0.25, 0.3) is 0 Å². The van der Waals surface area contributed by atoms with Gasteiger partial charge in [-0.1, -0.05) is 12.1 Å². The highest BCUT2D eigenvalue weighted by Gasteiger charge is 2.38. The quantitative estimate of drug-likeness (QED) is 0.499. The minimum absolute atomic E-state index is 0.0429. The highest BCUT2D eigenvalue weighted by atomic mass is 16.5. The molecule has 0 radical (unpaired) electrons. The summed E-state index contributed by atoms with van der Waals surface area (Å²) in [6.07, 6.45) is 5.43. The molecule has 0 spiro atoms. The van der Waals surface area contributed by atoms with Crippen LogP contribution in [0.2, 0.25) is 5.82 Å². The number of aromatic carboxylic acids is 1. The number of rotatable bonds is 8. The van der Waals surface area contributed by atoms with Crippen molar-refractivity contribution in [2.24, 2.45) is 11.7 Å². The molecule has 3 rings (SSSR count). The molecule has 0 amide bonds. The number of nitrogens with two attached hydrogens (primary N) is 1. The molecule has 1 aliphatic carbocycles. The van der Waals surface area contributed by atoms with Gasteiger partial charge < -0.3 is 25.8 Å². The van der Waals surface area contributed by atoms with Crippen molar-refractivity contribution in [3.63, 3.8) is 0 Å². The van der Waals surface area contributed by atoms with Gasteiger partial charge in [0.25, 0.3) is 0 Å². The van der Waals surface area contributed by atoms with E-state index in [0.29, 0.717) is 31.3 Å². The second kappa shape index (κ2) is 9.54. The Morgan fingerprint density at radius 3 is 2.64 bits per heavy atom. The molecule has 1 fully saturated rings. The second-order valence-electron chi connectivity index (χ2n) is 7.98. The lowest BCUT2D eigenvalue weighted by molar-refractivity contribution is -0.120. The van der Waals surface area contributed by atoms with Gasteiger partial charge in [0.15, 0.2) is 0 Å². The summed E-state index contributed by atoms with van der Waals surface area (Å²) in [4.78, 5) is 23.9. The van der Waals surface area contributed by atoms with Crippen molar-refractivity contribution in [3.8, 4) is 5.75 Å². The molecule has 1 aliphatic heterocycles. The normalized spacial score (nSPS) is 24.4. The Labute approximate surface area is 165 Å². The third-order valence-corrected chi connectivity index (χ3v) is 5.88. The van der Waals surface area contributed by atoms with Gasteiger partial charge in [-0.3, -0.25) is 4.79 Å². The van der Waals surface area contributed by atoms with Crippen molar-refractivity contribution in [1.82, 2.24) is 5.32 Å². The van der Waals surface area contributed by atoms with Gasteiger partial charge in [0.1, 0.15) is 11.5 Å². The van der Waals surface area contributed by atoms with E-state index in [1.807, 2.05) is 0 Å². The van der Waals surface area contributed by atoms with E-state index in [1.165, 1.54) is 6.07 Å². The molecule has 0 bridgehead atoms. The first kappa shape index (κ1) is 20.8. The zero-order chi connectivity index (χ0) is 20.1. The van der Waals surface area contributed by atoms with Crippen LogP contribution in [0.4, 0.5) is 0 Å². The molecule has 1 atom stereocenters. The fourth-order valence-corrected chi connectivity index (χ4v) is 4.38. The molecule has 8 heteroatoms. The highest BCUT2D eigenvalue weighted by Crippen LogP contribution is 2.37. The standard InChI is InChI=1S/C20H29BN2O5/c22-8-9-23-16-6-4-13(5-7-16)10-17(24)12-15-11-14-2-1-3-18(20(25)26)19(14)28-21(15)27/h1-3,13,15-16,23,27H,4-12,22H2,(H,25,26)/t13?,15-,16?/m1/s1. The molecule has 1 heterocycles. The number of carboxylic acid groups (broad SMARTS) is 1. The number of ketones is 1. The topological polar surface area (TPSA) is 122 Å². The Bertz CT molecular complexity index is 706. The number of benzene rings is 1. The van der Waals surface area contributed by atoms with Crippen LogP contribution < -0.4 is 15.7 Å². The van der Waals surface area contributed by atoms with Crippen LogP contribution in [0.1, 0.15) is 54.4 Å². The molecular weight excluding hydrogens is 359 g/mol. The Hall–Kier alpha value is -1.90. The first-order chi connectivity index (χ1) is 13.5. The van der Waals surface area contributed by atoms with Crippen LogP contribution in [0.5, 0.6) is 5.75 Å². The van der Waals surface area contributed by atoms with E-state index in [-0.39, 0.29) is 29.3 Å². The molecular formula is C20H29BN2O5. The van der Waals surface area contributed by atoms with E-state index in [9.17, 15) is 19.7 Å². The van der Waals surface area contributed by atoms with Crippen LogP contribution in [0.15, 0.2) is 18.2 Å². The van der Waals surface area contributed by atoms with Gasteiger partial charge in [0, 0.05) is 37.8 Å². The minimum Gasteiger partial charge on any atom is -0.535 e. The Morgan fingerprint density at radius 2 is 1.96 bits per heavy atom. The predicted octanol–water partition coefficient (Wildman–Crippen LogP) is 1.63. The van der Waals surface area contributed by atoms with Crippen molar-refractivity contribution in [3.05, 3.63) is 29.3 Å². The van der Waals surface area contributed by atoms with E-state index >= 15 is 0 Å². The molecule has 28 heavy (non-hydrogen) atoms. The van der Waals surface area contributed by atoms with Crippen LogP contribution in [0, 0.1) is 5.92 Å². The van der Waals surface area contributed by atoms with Gasteiger partial charge in [-0.05, 0) is 49.7 Å². The van der Waals surface area contributed by atoms with Gasteiger partial charge in [-0.25, -0.2) is 4.79 Å². The monoisotopic (exact) mass is 388 g/mol. The SMILES string of the molecule is NCCNC1CCC(CC(=O)C[C@H]2Cc3cccc(C(=O)O)c3OB2O)CC1. The van der Waals surface area contributed by atoms with Crippen molar-refractivity contribution < 1.29 is 24.4 Å². The number of para-hydroxylation sites is 1. The summed E-state index contributed by atoms with van der Waals surface area (Å²) < 4.78 is 5.48. The van der Waals surface area contributed by atoms with E-state index in [4.69, 9.17) is 10.4 Å². The summed E-state index contributed by atoms with van der Waals surface area (Å²) >= 11 is 0. The lowest BCUT2D eigenvalue weighted by Crippen LogP contribution is -2.37. The van der Waals surface area contributed by atoms with Crippen molar-refractivity contribution >= 4 is 18.9 Å². The summed E-state index contributed by atoms with van der Waals surface area (Å²) in [6, 6.07) is 5.42. The number of hydrogen-bond donors (Lipinski definition) is 4. The molecule has 7 nitrogen and oxygen atoms in total. The van der Waals surface area contributed by atoms with Crippen LogP contribution >= 0.6 is 0 Å². The van der Waals surface area contributed by atoms with Gasteiger partial charge >= 0.3 is 13.1 Å². The minimum atomic E-state index is -1.16. The van der Waals surface area contributed by atoms with E-state index in [1.54, 1.807) is 12.1 Å². The molecule has 0 aromatic heterocycles. The Kier molecular flexibility index (Phi) is 7.10. The molecule has 0 unspecified atom stereocenters. The number of Topliss-reactive ketones (excluding diaryl/α,β-unsaturated/α-hetero) is 1. The van der Waals surface area contributed by atoms with Crippen LogP contribution in [0.3, 0.4) is 0 Å². The largest absolute Gasteiger partial charge is 0.535 e. The van der Waals surface area contributed by atoms with Gasteiger partial charge in [-0.15, -0.1) is 0 Å².